The number of benzene rings is 2. The Kier molecular flexibility index (Phi) is 5.10. The van der Waals surface area contributed by atoms with Gasteiger partial charge in [-0.3, -0.25) is 4.90 Å². The van der Waals surface area contributed by atoms with Crippen molar-refractivity contribution in [1.29, 1.82) is 0 Å². The Labute approximate surface area is 138 Å². The largest absolute Gasteiger partial charge is 0.288 e. The van der Waals surface area contributed by atoms with Crippen molar-refractivity contribution in [3.8, 4) is 0 Å². The maximum atomic E-state index is 13.1. The molecule has 0 amide bonds. The number of aromatic nitrogens is 1. The molecule has 1 heterocycles. The third-order valence-corrected chi connectivity index (χ3v) is 4.25. The van der Waals surface area contributed by atoms with Crippen LogP contribution in [0.3, 0.4) is 0 Å². The lowest BCUT2D eigenvalue weighted by Gasteiger charge is -2.21. The van der Waals surface area contributed by atoms with Crippen molar-refractivity contribution < 1.29 is 8.78 Å². The number of halogens is 2. The maximum Gasteiger partial charge on any atom is 0.123 e. The van der Waals surface area contributed by atoms with Crippen molar-refractivity contribution in [3.63, 3.8) is 0 Å². The summed E-state index contributed by atoms with van der Waals surface area (Å²) in [6.45, 7) is 2.06. The minimum Gasteiger partial charge on any atom is -0.288 e. The van der Waals surface area contributed by atoms with Crippen LogP contribution in [-0.4, -0.2) is 9.88 Å². The van der Waals surface area contributed by atoms with Crippen molar-refractivity contribution >= 4 is 11.3 Å². The van der Waals surface area contributed by atoms with Gasteiger partial charge in [0.2, 0.25) is 0 Å². The SMILES string of the molecule is Fc1ccc(CN(Cc2ccc(F)cc2)Cc2nccs2)cc1. The predicted octanol–water partition coefficient (Wildman–Crippen LogP) is 4.62. The smallest absolute Gasteiger partial charge is 0.123 e. The highest BCUT2D eigenvalue weighted by Crippen LogP contribution is 2.16. The van der Waals surface area contributed by atoms with E-state index < -0.39 is 0 Å². The minimum atomic E-state index is -0.237. The number of thiazole rings is 1. The van der Waals surface area contributed by atoms with E-state index in [9.17, 15) is 8.78 Å². The summed E-state index contributed by atoms with van der Waals surface area (Å²) in [5.41, 5.74) is 2.06. The van der Waals surface area contributed by atoms with Gasteiger partial charge in [-0.25, -0.2) is 13.8 Å². The first-order valence-electron chi connectivity index (χ1n) is 7.29. The summed E-state index contributed by atoms with van der Waals surface area (Å²) in [6, 6.07) is 13.0. The molecule has 118 valence electrons. The maximum absolute atomic E-state index is 13.1. The lowest BCUT2D eigenvalue weighted by atomic mass is 10.1. The van der Waals surface area contributed by atoms with Crippen LogP contribution in [0.2, 0.25) is 0 Å². The van der Waals surface area contributed by atoms with E-state index in [1.807, 2.05) is 5.38 Å². The zero-order chi connectivity index (χ0) is 16.1. The average Bonchev–Trinajstić information content (AvgIpc) is 3.05. The second kappa shape index (κ2) is 7.44. The minimum absolute atomic E-state index is 0.237. The molecular formula is C18H16F2N2S. The van der Waals surface area contributed by atoms with Crippen LogP contribution in [0.4, 0.5) is 8.78 Å². The second-order valence-corrected chi connectivity index (χ2v) is 6.30. The third kappa shape index (κ3) is 4.68. The molecule has 3 rings (SSSR count). The van der Waals surface area contributed by atoms with Crippen molar-refractivity contribution in [2.45, 2.75) is 19.6 Å². The fourth-order valence-electron chi connectivity index (χ4n) is 2.39. The van der Waals surface area contributed by atoms with Crippen molar-refractivity contribution in [3.05, 3.63) is 87.9 Å². The second-order valence-electron chi connectivity index (χ2n) is 5.32. The van der Waals surface area contributed by atoms with Gasteiger partial charge in [0.1, 0.15) is 16.6 Å². The Balaban J connectivity index is 1.75. The molecule has 0 aliphatic rings. The Morgan fingerprint density at radius 3 is 1.74 bits per heavy atom. The Hall–Kier alpha value is -2.11. The molecule has 0 spiro atoms. The van der Waals surface area contributed by atoms with Crippen LogP contribution in [0.5, 0.6) is 0 Å². The number of hydrogen-bond donors (Lipinski definition) is 0. The van der Waals surface area contributed by atoms with Crippen molar-refractivity contribution in [2.24, 2.45) is 0 Å². The number of nitrogens with zero attached hydrogens (tertiary/aromatic N) is 2. The van der Waals surface area contributed by atoms with Gasteiger partial charge < -0.3 is 0 Å². The van der Waals surface area contributed by atoms with Gasteiger partial charge in [0, 0.05) is 24.7 Å². The molecule has 0 radical (unpaired) electrons. The van der Waals surface area contributed by atoms with Crippen LogP contribution in [-0.2, 0) is 19.6 Å². The molecule has 0 aliphatic carbocycles. The average molecular weight is 330 g/mol. The zero-order valence-electron chi connectivity index (χ0n) is 12.5. The number of rotatable bonds is 6. The van der Waals surface area contributed by atoms with Crippen LogP contribution in [0.15, 0.2) is 60.1 Å². The predicted molar refractivity (Wildman–Crippen MR) is 87.9 cm³/mol. The summed E-state index contributed by atoms with van der Waals surface area (Å²) in [7, 11) is 0. The molecule has 0 saturated carbocycles. The molecule has 0 aliphatic heterocycles. The molecule has 0 fully saturated rings. The van der Waals surface area contributed by atoms with Crippen LogP contribution in [0.25, 0.3) is 0 Å². The third-order valence-electron chi connectivity index (χ3n) is 3.48. The van der Waals surface area contributed by atoms with E-state index in [1.165, 1.54) is 24.3 Å². The van der Waals surface area contributed by atoms with Crippen LogP contribution >= 0.6 is 11.3 Å². The topological polar surface area (TPSA) is 16.1 Å². The van der Waals surface area contributed by atoms with E-state index in [-0.39, 0.29) is 11.6 Å². The van der Waals surface area contributed by atoms with Gasteiger partial charge in [-0.2, -0.15) is 0 Å². The van der Waals surface area contributed by atoms with Crippen LogP contribution in [0.1, 0.15) is 16.1 Å². The van der Waals surface area contributed by atoms with E-state index in [1.54, 1.807) is 41.8 Å². The highest BCUT2D eigenvalue weighted by Gasteiger charge is 2.10. The summed E-state index contributed by atoms with van der Waals surface area (Å²) in [4.78, 5) is 6.53. The normalized spacial score (nSPS) is 11.1. The number of hydrogen-bond acceptors (Lipinski definition) is 3. The Morgan fingerprint density at radius 1 is 0.783 bits per heavy atom. The van der Waals surface area contributed by atoms with E-state index in [4.69, 9.17) is 0 Å². The van der Waals surface area contributed by atoms with E-state index >= 15 is 0 Å². The first-order valence-corrected chi connectivity index (χ1v) is 8.16. The van der Waals surface area contributed by atoms with Gasteiger partial charge in [0.05, 0.1) is 6.54 Å². The molecular weight excluding hydrogens is 314 g/mol. The molecule has 3 aromatic rings. The molecule has 2 aromatic carbocycles. The summed E-state index contributed by atoms with van der Waals surface area (Å²) in [5.74, 6) is -0.475. The molecule has 0 bridgehead atoms. The molecule has 5 heteroatoms. The van der Waals surface area contributed by atoms with Gasteiger partial charge in [-0.1, -0.05) is 24.3 Å². The van der Waals surface area contributed by atoms with E-state index in [0.29, 0.717) is 19.6 Å². The molecule has 2 nitrogen and oxygen atoms in total. The summed E-state index contributed by atoms with van der Waals surface area (Å²) in [5, 5.41) is 2.97. The highest BCUT2D eigenvalue weighted by atomic mass is 32.1. The van der Waals surface area contributed by atoms with E-state index in [2.05, 4.69) is 9.88 Å². The molecule has 0 saturated heterocycles. The fraction of sp³-hybridized carbons (Fsp3) is 0.167. The highest BCUT2D eigenvalue weighted by molar-refractivity contribution is 7.09. The van der Waals surface area contributed by atoms with E-state index in [0.717, 1.165) is 16.1 Å². The van der Waals surface area contributed by atoms with Gasteiger partial charge >= 0.3 is 0 Å². The van der Waals surface area contributed by atoms with Gasteiger partial charge in [-0.05, 0) is 35.4 Å². The molecule has 0 unspecified atom stereocenters. The monoisotopic (exact) mass is 330 g/mol. The lowest BCUT2D eigenvalue weighted by Crippen LogP contribution is -2.22. The van der Waals surface area contributed by atoms with Crippen molar-refractivity contribution in [2.75, 3.05) is 0 Å². The zero-order valence-corrected chi connectivity index (χ0v) is 13.3. The molecule has 0 atom stereocenters. The first-order chi connectivity index (χ1) is 11.2. The van der Waals surface area contributed by atoms with Crippen LogP contribution < -0.4 is 0 Å². The fourth-order valence-corrected chi connectivity index (χ4v) is 3.04. The summed E-state index contributed by atoms with van der Waals surface area (Å²) < 4.78 is 26.1. The standard InChI is InChI=1S/C18H16F2N2S/c19-16-5-1-14(2-6-16)11-22(13-18-21-9-10-23-18)12-15-3-7-17(20)8-4-15/h1-10H,11-13H2. The summed E-state index contributed by atoms with van der Waals surface area (Å²) in [6.07, 6.45) is 1.79. The van der Waals surface area contributed by atoms with Crippen LogP contribution in [0, 0.1) is 11.6 Å². The lowest BCUT2D eigenvalue weighted by molar-refractivity contribution is 0.247. The molecule has 23 heavy (non-hydrogen) atoms. The molecule has 0 N–H and O–H groups in total. The summed E-state index contributed by atoms with van der Waals surface area (Å²) >= 11 is 1.60. The quantitative estimate of drug-likeness (QED) is 0.655. The Morgan fingerprint density at radius 2 is 1.30 bits per heavy atom. The van der Waals surface area contributed by atoms with Crippen molar-refractivity contribution in [1.82, 2.24) is 9.88 Å². The Bertz CT molecular complexity index is 677. The van der Waals surface area contributed by atoms with Gasteiger partial charge in [0.25, 0.3) is 0 Å². The van der Waals surface area contributed by atoms with Gasteiger partial charge in [0.15, 0.2) is 0 Å². The first kappa shape index (κ1) is 15.8. The molecule has 1 aromatic heterocycles. The van der Waals surface area contributed by atoms with Gasteiger partial charge in [-0.15, -0.1) is 11.3 Å².